The standard InChI is InChI=1S/C41H49NO11S/c1-6-28-33(51-40(3,4)50-28)34-31-29(48-39(45)42-31)21-41(5,52-34)53-35-32(43)30(23-46-22-25-13-9-7-10-14-25)47-38(54-27-19-17-24(2)18-20-27)36(35)49-37(44)26-15-11-8-12-16-26/h7-20,28-36,38,43H,6,21-23H2,1-5H3,(H,42,45)/t28-,29-,30?,31-,32+,33-,34?,35+,36?,38+,41-/m1/s1. The summed E-state index contributed by atoms with van der Waals surface area (Å²) in [5, 5.41) is 15.1. The summed E-state index contributed by atoms with van der Waals surface area (Å²) < 4.78 is 51.0. The number of alkyl carbamates (subject to hydrolysis) is 1. The average molecular weight is 764 g/mol. The van der Waals surface area contributed by atoms with Gasteiger partial charge in [-0.15, -0.1) is 0 Å². The molecule has 54 heavy (non-hydrogen) atoms. The first kappa shape index (κ1) is 38.7. The zero-order valence-electron chi connectivity index (χ0n) is 31.1. The number of aliphatic hydroxyl groups is 1. The third kappa shape index (κ3) is 8.79. The molecule has 1 amide bonds. The number of nitrogens with one attached hydrogen (secondary N) is 1. The Morgan fingerprint density at radius 2 is 1.61 bits per heavy atom. The molecule has 290 valence electrons. The molecule has 3 aromatic carbocycles. The fourth-order valence-electron chi connectivity index (χ4n) is 7.57. The maximum atomic E-state index is 13.8. The number of hydrogen-bond donors (Lipinski definition) is 2. The van der Waals surface area contributed by atoms with Gasteiger partial charge in [0.2, 0.25) is 0 Å². The van der Waals surface area contributed by atoms with Crippen LogP contribution < -0.4 is 5.32 Å². The molecule has 4 aliphatic rings. The molecule has 4 fully saturated rings. The minimum absolute atomic E-state index is 0.0210. The van der Waals surface area contributed by atoms with E-state index >= 15 is 0 Å². The van der Waals surface area contributed by atoms with E-state index in [0.717, 1.165) is 16.0 Å². The monoisotopic (exact) mass is 763 g/mol. The lowest BCUT2D eigenvalue weighted by molar-refractivity contribution is -0.348. The summed E-state index contributed by atoms with van der Waals surface area (Å²) in [6.07, 6.45) is -6.62. The van der Waals surface area contributed by atoms with Gasteiger partial charge < -0.3 is 48.3 Å². The largest absolute Gasteiger partial charge is 0.452 e. The van der Waals surface area contributed by atoms with Crippen LogP contribution in [0.3, 0.4) is 0 Å². The van der Waals surface area contributed by atoms with Gasteiger partial charge in [-0.05, 0) is 63.9 Å². The predicted molar refractivity (Wildman–Crippen MR) is 198 cm³/mol. The Hall–Kier alpha value is -3.53. The fourth-order valence-corrected chi connectivity index (χ4v) is 8.67. The third-order valence-corrected chi connectivity index (χ3v) is 11.3. The first-order chi connectivity index (χ1) is 25.9. The van der Waals surface area contributed by atoms with E-state index in [9.17, 15) is 14.7 Å². The van der Waals surface area contributed by atoms with Crippen molar-refractivity contribution in [1.29, 1.82) is 0 Å². The van der Waals surface area contributed by atoms with Crippen LogP contribution in [0.25, 0.3) is 0 Å². The van der Waals surface area contributed by atoms with Crippen LogP contribution in [-0.2, 0) is 44.5 Å². The molecule has 0 spiro atoms. The summed E-state index contributed by atoms with van der Waals surface area (Å²) in [5.74, 6) is -2.95. The zero-order chi connectivity index (χ0) is 38.0. The van der Waals surface area contributed by atoms with Gasteiger partial charge in [-0.3, -0.25) is 0 Å². The fraction of sp³-hybridized carbons (Fsp3) is 0.512. The normalized spacial score (nSPS) is 34.4. The Balaban J connectivity index is 1.22. The number of aryl methyl sites for hydroxylation is 1. The molecular weight excluding hydrogens is 715 g/mol. The van der Waals surface area contributed by atoms with E-state index in [1.807, 2.05) is 88.4 Å². The van der Waals surface area contributed by atoms with Gasteiger partial charge in [0.25, 0.3) is 0 Å². The van der Waals surface area contributed by atoms with Crippen molar-refractivity contribution in [2.45, 2.75) is 131 Å². The van der Waals surface area contributed by atoms with Crippen molar-refractivity contribution in [1.82, 2.24) is 5.32 Å². The van der Waals surface area contributed by atoms with Crippen LogP contribution in [0, 0.1) is 6.92 Å². The van der Waals surface area contributed by atoms with Gasteiger partial charge >= 0.3 is 12.1 Å². The molecule has 3 aromatic rings. The molecule has 4 saturated heterocycles. The van der Waals surface area contributed by atoms with E-state index in [0.29, 0.717) is 18.6 Å². The molecule has 4 aliphatic heterocycles. The molecule has 12 nitrogen and oxygen atoms in total. The highest BCUT2D eigenvalue weighted by Gasteiger charge is 2.60. The number of carbonyl (C=O) groups excluding carboxylic acids is 2. The second kappa shape index (κ2) is 16.3. The lowest BCUT2D eigenvalue weighted by atomic mass is 9.89. The van der Waals surface area contributed by atoms with Crippen LogP contribution in [0.2, 0.25) is 0 Å². The number of fused-ring (bicyclic) bond motifs is 1. The molecule has 13 heteroatoms. The average Bonchev–Trinajstić information content (AvgIpc) is 3.69. The van der Waals surface area contributed by atoms with Crippen molar-refractivity contribution in [2.24, 2.45) is 0 Å². The first-order valence-electron chi connectivity index (χ1n) is 18.5. The smallest absolute Gasteiger partial charge is 0.407 e. The van der Waals surface area contributed by atoms with Crippen LogP contribution in [0.1, 0.15) is 62.0 Å². The van der Waals surface area contributed by atoms with Crippen LogP contribution in [0.15, 0.2) is 89.8 Å². The zero-order valence-corrected chi connectivity index (χ0v) is 31.9. The molecular formula is C41H49NO11S. The number of rotatable bonds is 12. The van der Waals surface area contributed by atoms with Gasteiger partial charge in [-0.1, -0.05) is 84.9 Å². The van der Waals surface area contributed by atoms with Crippen LogP contribution >= 0.6 is 11.8 Å². The molecule has 2 N–H and O–H groups in total. The van der Waals surface area contributed by atoms with E-state index in [1.54, 1.807) is 31.2 Å². The summed E-state index contributed by atoms with van der Waals surface area (Å²) in [6.45, 7) is 9.74. The molecule has 3 unspecified atom stereocenters. The van der Waals surface area contributed by atoms with E-state index in [4.69, 9.17) is 37.9 Å². The van der Waals surface area contributed by atoms with Crippen molar-refractivity contribution < 1.29 is 52.6 Å². The number of benzene rings is 3. The van der Waals surface area contributed by atoms with Gasteiger partial charge in [-0.2, -0.15) is 0 Å². The Bertz CT molecular complexity index is 1730. The molecule has 0 saturated carbocycles. The number of amides is 1. The molecule has 11 atom stereocenters. The van der Waals surface area contributed by atoms with Gasteiger partial charge in [-0.25, -0.2) is 9.59 Å². The maximum Gasteiger partial charge on any atom is 0.407 e. The summed E-state index contributed by atoms with van der Waals surface area (Å²) in [5.41, 5.74) is 1.54. The predicted octanol–water partition coefficient (Wildman–Crippen LogP) is 5.91. The van der Waals surface area contributed by atoms with Gasteiger partial charge in [0, 0.05) is 11.3 Å². The van der Waals surface area contributed by atoms with Crippen LogP contribution in [0.5, 0.6) is 0 Å². The Kier molecular flexibility index (Phi) is 11.7. The minimum atomic E-state index is -1.46. The van der Waals surface area contributed by atoms with Crippen molar-refractivity contribution in [3.8, 4) is 0 Å². The Morgan fingerprint density at radius 3 is 2.31 bits per heavy atom. The number of esters is 1. The molecule has 0 bridgehead atoms. The quantitative estimate of drug-likeness (QED) is 0.212. The summed E-state index contributed by atoms with van der Waals surface area (Å²) >= 11 is 1.36. The highest BCUT2D eigenvalue weighted by atomic mass is 32.2. The lowest BCUT2D eigenvalue weighted by Gasteiger charge is -2.50. The number of thioether (sulfide) groups is 1. The Labute approximate surface area is 320 Å². The van der Waals surface area contributed by atoms with E-state index in [-0.39, 0.29) is 19.1 Å². The molecule has 0 radical (unpaired) electrons. The van der Waals surface area contributed by atoms with Crippen LogP contribution in [0.4, 0.5) is 4.79 Å². The molecule has 0 aromatic heterocycles. The third-order valence-electron chi connectivity index (χ3n) is 10.1. The topological polar surface area (TPSA) is 140 Å². The van der Waals surface area contributed by atoms with E-state index in [2.05, 4.69) is 5.32 Å². The molecule has 7 rings (SSSR count). The van der Waals surface area contributed by atoms with Crippen molar-refractivity contribution in [2.75, 3.05) is 6.61 Å². The second-order valence-corrected chi connectivity index (χ2v) is 16.0. The van der Waals surface area contributed by atoms with Crippen LogP contribution in [-0.4, -0.2) is 95.7 Å². The number of hydrogen-bond acceptors (Lipinski definition) is 12. The number of ether oxygens (including phenoxy) is 8. The summed E-state index contributed by atoms with van der Waals surface area (Å²) in [6, 6.07) is 25.7. The number of aliphatic hydroxyl groups excluding tert-OH is 1. The second-order valence-electron chi connectivity index (χ2n) is 14.9. The molecule has 4 heterocycles. The van der Waals surface area contributed by atoms with Crippen molar-refractivity contribution >= 4 is 23.8 Å². The van der Waals surface area contributed by atoms with E-state index in [1.165, 1.54) is 11.8 Å². The lowest BCUT2D eigenvalue weighted by Crippen LogP contribution is -2.66. The maximum absolute atomic E-state index is 13.8. The Morgan fingerprint density at radius 1 is 0.907 bits per heavy atom. The van der Waals surface area contributed by atoms with Crippen molar-refractivity contribution in [3.05, 3.63) is 102 Å². The van der Waals surface area contributed by atoms with Gasteiger partial charge in [0.15, 0.2) is 17.7 Å². The van der Waals surface area contributed by atoms with Gasteiger partial charge in [0.05, 0.1) is 30.9 Å². The SMILES string of the molecule is CC[C@H]1OC(C)(C)O[C@H]1C1O[C@](C)(O[C@@H]2C(OC(=O)c3ccccc3)[C@H](Sc3ccc(C)cc3)OC(COCc3ccccc3)[C@@H]2O)C[C@H]2OC(=O)N[C@@H]12. The summed E-state index contributed by atoms with van der Waals surface area (Å²) in [7, 11) is 0. The highest BCUT2D eigenvalue weighted by Crippen LogP contribution is 2.44. The highest BCUT2D eigenvalue weighted by molar-refractivity contribution is 7.99. The van der Waals surface area contributed by atoms with Gasteiger partial charge in [0.1, 0.15) is 42.1 Å². The number of carbonyl (C=O) groups is 2. The van der Waals surface area contributed by atoms with E-state index < -0.39 is 77.8 Å². The summed E-state index contributed by atoms with van der Waals surface area (Å²) in [4.78, 5) is 27.3. The minimum Gasteiger partial charge on any atom is -0.452 e. The van der Waals surface area contributed by atoms with Crippen molar-refractivity contribution in [3.63, 3.8) is 0 Å². The first-order valence-corrected chi connectivity index (χ1v) is 19.4. The molecule has 0 aliphatic carbocycles.